The van der Waals surface area contributed by atoms with Gasteiger partial charge in [-0.05, 0) is 37.0 Å². The molecule has 0 amide bonds. The summed E-state index contributed by atoms with van der Waals surface area (Å²) in [5.41, 5.74) is 15.5. The molecule has 7 nitrogen and oxygen atoms in total. The SMILES string of the molecule is NC1=CC2=NCCCC2=CC1=Nc1c(N)n2n(c1=O)CCC2. The van der Waals surface area contributed by atoms with Crippen LogP contribution in [-0.2, 0) is 13.1 Å². The molecule has 7 heteroatoms. The van der Waals surface area contributed by atoms with Crippen LogP contribution in [0.25, 0.3) is 0 Å². The summed E-state index contributed by atoms with van der Waals surface area (Å²) >= 11 is 0. The highest BCUT2D eigenvalue weighted by atomic mass is 16.1. The Morgan fingerprint density at radius 3 is 2.77 bits per heavy atom. The van der Waals surface area contributed by atoms with Crippen LogP contribution in [0.5, 0.6) is 0 Å². The van der Waals surface area contributed by atoms with E-state index < -0.39 is 0 Å². The molecule has 0 bridgehead atoms. The lowest BCUT2D eigenvalue weighted by Gasteiger charge is -2.18. The number of nitrogens with two attached hydrogens (primary N) is 2. The smallest absolute Gasteiger partial charge is 0.294 e. The highest BCUT2D eigenvalue weighted by molar-refractivity contribution is 6.24. The van der Waals surface area contributed by atoms with Gasteiger partial charge in [-0.3, -0.25) is 14.5 Å². The second kappa shape index (κ2) is 4.72. The summed E-state index contributed by atoms with van der Waals surface area (Å²) in [6, 6.07) is 0. The fourth-order valence-corrected chi connectivity index (χ4v) is 3.20. The van der Waals surface area contributed by atoms with Crippen molar-refractivity contribution in [3.05, 3.63) is 33.8 Å². The van der Waals surface area contributed by atoms with Gasteiger partial charge in [-0.25, -0.2) is 9.67 Å². The largest absolute Gasteiger partial charge is 0.397 e. The zero-order valence-electron chi connectivity index (χ0n) is 12.2. The Balaban J connectivity index is 1.81. The van der Waals surface area contributed by atoms with Crippen LogP contribution >= 0.6 is 0 Å². The van der Waals surface area contributed by atoms with Crippen molar-refractivity contribution in [2.45, 2.75) is 32.4 Å². The standard InChI is InChI=1S/C15H18N6O/c16-10-8-11-9(3-1-4-18-11)7-12(10)19-13-14(17)20-5-2-6-21(20)15(13)22/h7-8H,1-6,16-17H2. The predicted octanol–water partition coefficient (Wildman–Crippen LogP) is 0.726. The van der Waals surface area contributed by atoms with Gasteiger partial charge in [0, 0.05) is 19.6 Å². The van der Waals surface area contributed by atoms with Gasteiger partial charge in [-0.2, -0.15) is 0 Å². The Morgan fingerprint density at radius 2 is 1.95 bits per heavy atom. The number of allylic oxidation sites excluding steroid dienone is 3. The van der Waals surface area contributed by atoms with Crippen molar-refractivity contribution in [1.29, 1.82) is 0 Å². The lowest BCUT2D eigenvalue weighted by molar-refractivity contribution is 0.601. The van der Waals surface area contributed by atoms with E-state index >= 15 is 0 Å². The zero-order valence-corrected chi connectivity index (χ0v) is 12.2. The Labute approximate surface area is 127 Å². The fraction of sp³-hybridized carbons (Fsp3) is 0.400. The van der Waals surface area contributed by atoms with E-state index in [1.807, 2.05) is 12.2 Å². The first-order valence-electron chi connectivity index (χ1n) is 7.56. The van der Waals surface area contributed by atoms with Crippen molar-refractivity contribution in [1.82, 2.24) is 9.36 Å². The monoisotopic (exact) mass is 298 g/mol. The lowest BCUT2D eigenvalue weighted by Crippen LogP contribution is -2.21. The Kier molecular flexibility index (Phi) is 2.82. The van der Waals surface area contributed by atoms with E-state index in [1.165, 1.54) is 0 Å². The number of aromatic nitrogens is 2. The third kappa shape index (κ3) is 1.85. The van der Waals surface area contributed by atoms with Gasteiger partial charge in [0.05, 0.1) is 17.1 Å². The summed E-state index contributed by atoms with van der Waals surface area (Å²) in [7, 11) is 0. The van der Waals surface area contributed by atoms with E-state index in [4.69, 9.17) is 11.5 Å². The zero-order chi connectivity index (χ0) is 15.3. The molecular weight excluding hydrogens is 280 g/mol. The number of aliphatic imine (C=N–C) groups is 2. The van der Waals surface area contributed by atoms with E-state index in [0.717, 1.165) is 43.6 Å². The van der Waals surface area contributed by atoms with Gasteiger partial charge < -0.3 is 11.5 Å². The highest BCUT2D eigenvalue weighted by Crippen LogP contribution is 2.25. The maximum absolute atomic E-state index is 12.4. The first-order valence-corrected chi connectivity index (χ1v) is 7.56. The number of nitrogens with zero attached hydrogens (tertiary/aromatic N) is 4. The molecule has 3 heterocycles. The van der Waals surface area contributed by atoms with Gasteiger partial charge in [0.15, 0.2) is 11.5 Å². The second-order valence-electron chi connectivity index (χ2n) is 5.78. The molecule has 0 unspecified atom stereocenters. The normalized spacial score (nSPS) is 22.0. The Bertz CT molecular complexity index is 833. The minimum atomic E-state index is -0.142. The summed E-state index contributed by atoms with van der Waals surface area (Å²) in [6.45, 7) is 2.29. The van der Waals surface area contributed by atoms with Gasteiger partial charge in [-0.1, -0.05) is 0 Å². The van der Waals surface area contributed by atoms with Crippen molar-refractivity contribution in [3.63, 3.8) is 0 Å². The maximum atomic E-state index is 12.4. The van der Waals surface area contributed by atoms with Gasteiger partial charge >= 0.3 is 0 Å². The molecule has 0 spiro atoms. The summed E-state index contributed by atoms with van der Waals surface area (Å²) in [5.74, 6) is 0.421. The van der Waals surface area contributed by atoms with Gasteiger partial charge in [-0.15, -0.1) is 0 Å². The average molecular weight is 298 g/mol. The molecule has 1 aromatic rings. The van der Waals surface area contributed by atoms with E-state index in [0.29, 0.717) is 29.5 Å². The molecular formula is C15H18N6O. The Hall–Kier alpha value is -2.57. The summed E-state index contributed by atoms with van der Waals surface area (Å²) in [5, 5.41) is 0. The molecule has 4 N–H and O–H groups in total. The Morgan fingerprint density at radius 1 is 1.14 bits per heavy atom. The number of anilines is 1. The molecule has 1 aromatic heterocycles. The predicted molar refractivity (Wildman–Crippen MR) is 86.7 cm³/mol. The van der Waals surface area contributed by atoms with Crippen molar-refractivity contribution in [3.8, 4) is 0 Å². The van der Waals surface area contributed by atoms with Crippen LogP contribution in [0.3, 0.4) is 0 Å². The number of fused-ring (bicyclic) bond motifs is 2. The van der Waals surface area contributed by atoms with Crippen molar-refractivity contribution >= 4 is 22.9 Å². The van der Waals surface area contributed by atoms with Crippen molar-refractivity contribution < 1.29 is 0 Å². The molecule has 0 aromatic carbocycles. The topological polar surface area (TPSA) is 104 Å². The average Bonchev–Trinajstić information content (AvgIpc) is 3.08. The molecule has 114 valence electrons. The molecule has 4 rings (SSSR count). The lowest BCUT2D eigenvalue weighted by atomic mass is 9.94. The molecule has 0 radical (unpaired) electrons. The van der Waals surface area contributed by atoms with Gasteiger partial charge in [0.25, 0.3) is 5.56 Å². The van der Waals surface area contributed by atoms with Crippen LogP contribution in [0.1, 0.15) is 19.3 Å². The van der Waals surface area contributed by atoms with Crippen molar-refractivity contribution in [2.75, 3.05) is 12.3 Å². The third-order valence-corrected chi connectivity index (χ3v) is 4.34. The quantitative estimate of drug-likeness (QED) is 0.747. The second-order valence-corrected chi connectivity index (χ2v) is 5.78. The minimum Gasteiger partial charge on any atom is -0.397 e. The first-order chi connectivity index (χ1) is 10.6. The van der Waals surface area contributed by atoms with Crippen LogP contribution in [0.4, 0.5) is 11.5 Å². The molecule has 0 saturated carbocycles. The van der Waals surface area contributed by atoms with E-state index in [9.17, 15) is 4.79 Å². The van der Waals surface area contributed by atoms with E-state index in [1.54, 1.807) is 9.36 Å². The van der Waals surface area contributed by atoms with E-state index in [2.05, 4.69) is 9.98 Å². The number of hydrogen-bond donors (Lipinski definition) is 2. The highest BCUT2D eigenvalue weighted by Gasteiger charge is 2.23. The van der Waals surface area contributed by atoms with Crippen molar-refractivity contribution in [2.24, 2.45) is 15.7 Å². The number of hydrogen-bond acceptors (Lipinski definition) is 5. The summed E-state index contributed by atoms with van der Waals surface area (Å²) < 4.78 is 3.45. The fourth-order valence-electron chi connectivity index (χ4n) is 3.20. The maximum Gasteiger partial charge on any atom is 0.294 e. The minimum absolute atomic E-state index is 0.142. The van der Waals surface area contributed by atoms with Gasteiger partial charge in [0.1, 0.15) is 0 Å². The molecule has 0 saturated heterocycles. The van der Waals surface area contributed by atoms with Crippen LogP contribution in [0.2, 0.25) is 0 Å². The van der Waals surface area contributed by atoms with Crippen LogP contribution in [0, 0.1) is 0 Å². The molecule has 1 aliphatic carbocycles. The van der Waals surface area contributed by atoms with Crippen LogP contribution in [-0.4, -0.2) is 27.3 Å². The summed E-state index contributed by atoms with van der Waals surface area (Å²) in [4.78, 5) is 21.3. The molecule has 22 heavy (non-hydrogen) atoms. The number of rotatable bonds is 1. The third-order valence-electron chi connectivity index (χ3n) is 4.34. The molecule has 0 fully saturated rings. The van der Waals surface area contributed by atoms with Gasteiger partial charge in [0.2, 0.25) is 0 Å². The first kappa shape index (κ1) is 13.1. The van der Waals surface area contributed by atoms with Crippen LogP contribution in [0.15, 0.2) is 38.2 Å². The molecule has 2 aliphatic heterocycles. The van der Waals surface area contributed by atoms with Crippen LogP contribution < -0.4 is 17.0 Å². The molecule has 0 atom stereocenters. The summed E-state index contributed by atoms with van der Waals surface area (Å²) in [6.07, 6.45) is 6.69. The molecule has 3 aliphatic rings. The number of nitrogen functional groups attached to an aromatic ring is 1. The van der Waals surface area contributed by atoms with E-state index in [-0.39, 0.29) is 5.56 Å².